The Morgan fingerprint density at radius 3 is 2.54 bits per heavy atom. The van der Waals surface area contributed by atoms with Crippen molar-refractivity contribution in [2.75, 3.05) is 0 Å². The molecule has 190 valence electrons. The Balaban J connectivity index is 1.31. The molecule has 37 heavy (non-hydrogen) atoms. The molecule has 11 heteroatoms. The standard InChI is InChI=1S/C26H20F4N4O3/c1-15(22-10-3-17(27)13-31-22)36-25(35)33-18-4-9-21-16(12-18)2-11-23-24(21)32-14-34(23)19-5-7-20(8-6-19)37-26(28,29)30/h2-3,5-8,10-15H,4,9H2,1H3,(H,33,35). The number of pyridine rings is 1. The number of nitrogens with zero attached hydrogens (tertiary/aromatic N) is 3. The van der Waals surface area contributed by atoms with Crippen molar-refractivity contribution in [1.29, 1.82) is 0 Å². The predicted octanol–water partition coefficient (Wildman–Crippen LogP) is 6.23. The van der Waals surface area contributed by atoms with Gasteiger partial charge in [0.15, 0.2) is 0 Å². The molecule has 0 spiro atoms. The van der Waals surface area contributed by atoms with Gasteiger partial charge in [0, 0.05) is 11.4 Å². The van der Waals surface area contributed by atoms with E-state index in [0.717, 1.165) is 28.4 Å². The van der Waals surface area contributed by atoms with Crippen molar-refractivity contribution in [3.05, 3.63) is 89.4 Å². The third-order valence-electron chi connectivity index (χ3n) is 5.90. The number of amides is 1. The molecule has 1 aliphatic rings. The predicted molar refractivity (Wildman–Crippen MR) is 126 cm³/mol. The van der Waals surface area contributed by atoms with Crippen LogP contribution in [0.4, 0.5) is 22.4 Å². The summed E-state index contributed by atoms with van der Waals surface area (Å²) in [4.78, 5) is 20.8. The number of hydrogen-bond donors (Lipinski definition) is 1. The lowest BCUT2D eigenvalue weighted by molar-refractivity contribution is -0.274. The van der Waals surface area contributed by atoms with Crippen molar-refractivity contribution in [2.24, 2.45) is 0 Å². The number of nitrogens with one attached hydrogen (secondary N) is 1. The molecule has 5 rings (SSSR count). The SMILES string of the molecule is CC(OC(=O)NC1=Cc2ccc3c(ncn3-c3ccc(OC(F)(F)F)cc3)c2CC1)c1ccc(F)cn1. The first-order valence-corrected chi connectivity index (χ1v) is 11.3. The van der Waals surface area contributed by atoms with Crippen LogP contribution in [0.2, 0.25) is 0 Å². The van der Waals surface area contributed by atoms with E-state index >= 15 is 0 Å². The maximum Gasteiger partial charge on any atom is 0.573 e. The third kappa shape index (κ3) is 5.40. The summed E-state index contributed by atoms with van der Waals surface area (Å²) >= 11 is 0. The van der Waals surface area contributed by atoms with Crippen LogP contribution in [0.15, 0.2) is 66.8 Å². The zero-order valence-electron chi connectivity index (χ0n) is 19.4. The Labute approximate surface area is 208 Å². The highest BCUT2D eigenvalue weighted by molar-refractivity contribution is 5.86. The van der Waals surface area contributed by atoms with E-state index in [1.165, 1.54) is 36.4 Å². The zero-order valence-corrected chi connectivity index (χ0v) is 19.4. The Morgan fingerprint density at radius 1 is 1.05 bits per heavy atom. The van der Waals surface area contributed by atoms with Gasteiger partial charge < -0.3 is 9.47 Å². The lowest BCUT2D eigenvalue weighted by atomic mass is 9.94. The van der Waals surface area contributed by atoms with E-state index < -0.39 is 24.4 Å². The van der Waals surface area contributed by atoms with Crippen molar-refractivity contribution >= 4 is 23.2 Å². The lowest BCUT2D eigenvalue weighted by Crippen LogP contribution is -2.26. The topological polar surface area (TPSA) is 78.3 Å². The van der Waals surface area contributed by atoms with Crippen LogP contribution in [0.1, 0.15) is 36.3 Å². The smallest absolute Gasteiger partial charge is 0.440 e. The maximum atomic E-state index is 13.1. The molecule has 1 unspecified atom stereocenters. The number of benzene rings is 2. The van der Waals surface area contributed by atoms with Crippen LogP contribution in [-0.4, -0.2) is 27.0 Å². The highest BCUT2D eigenvalue weighted by atomic mass is 19.4. The van der Waals surface area contributed by atoms with Crippen molar-refractivity contribution in [2.45, 2.75) is 32.2 Å². The van der Waals surface area contributed by atoms with Gasteiger partial charge in [-0.25, -0.2) is 14.2 Å². The molecule has 0 saturated carbocycles. The number of alkyl halides is 3. The number of carbonyl (C=O) groups is 1. The van der Waals surface area contributed by atoms with E-state index in [2.05, 4.69) is 20.0 Å². The molecule has 0 bridgehead atoms. The summed E-state index contributed by atoms with van der Waals surface area (Å²) in [5.41, 5.74) is 5.20. The van der Waals surface area contributed by atoms with Gasteiger partial charge in [-0.2, -0.15) is 0 Å². The molecule has 0 radical (unpaired) electrons. The first kappa shape index (κ1) is 24.3. The van der Waals surface area contributed by atoms with Gasteiger partial charge in [0.25, 0.3) is 0 Å². The van der Waals surface area contributed by atoms with Crippen LogP contribution < -0.4 is 10.1 Å². The van der Waals surface area contributed by atoms with Crippen LogP contribution in [0.3, 0.4) is 0 Å². The maximum absolute atomic E-state index is 13.1. The molecule has 1 aliphatic carbocycles. The van der Waals surface area contributed by atoms with Crippen LogP contribution in [0, 0.1) is 5.82 Å². The molecule has 2 aromatic heterocycles. The second kappa shape index (κ2) is 9.57. The molecule has 2 aromatic carbocycles. The van der Waals surface area contributed by atoms with Crippen LogP contribution in [-0.2, 0) is 11.2 Å². The monoisotopic (exact) mass is 512 g/mol. The molecular weight excluding hydrogens is 492 g/mol. The fourth-order valence-corrected chi connectivity index (χ4v) is 4.20. The summed E-state index contributed by atoms with van der Waals surface area (Å²) in [5.74, 6) is -0.774. The molecular formula is C26H20F4N4O3. The Hall–Kier alpha value is -4.41. The van der Waals surface area contributed by atoms with E-state index in [1.807, 2.05) is 18.2 Å². The van der Waals surface area contributed by atoms with E-state index in [1.54, 1.807) is 17.8 Å². The van der Waals surface area contributed by atoms with Crippen molar-refractivity contribution in [3.63, 3.8) is 0 Å². The zero-order chi connectivity index (χ0) is 26.2. The van der Waals surface area contributed by atoms with E-state index in [-0.39, 0.29) is 5.75 Å². The first-order valence-electron chi connectivity index (χ1n) is 11.3. The average Bonchev–Trinajstić information content (AvgIpc) is 3.28. The number of fused-ring (bicyclic) bond motifs is 3. The molecule has 1 N–H and O–H groups in total. The number of aromatic nitrogens is 3. The van der Waals surface area contributed by atoms with Crippen molar-refractivity contribution in [3.8, 4) is 11.4 Å². The van der Waals surface area contributed by atoms with Gasteiger partial charge in [0.1, 0.15) is 24.0 Å². The first-order chi connectivity index (χ1) is 17.7. The Kier molecular flexibility index (Phi) is 6.28. The lowest BCUT2D eigenvalue weighted by Gasteiger charge is -2.19. The van der Waals surface area contributed by atoms with Gasteiger partial charge in [-0.15, -0.1) is 13.2 Å². The van der Waals surface area contributed by atoms with Gasteiger partial charge in [-0.05, 0) is 79.4 Å². The summed E-state index contributed by atoms with van der Waals surface area (Å²) in [6.45, 7) is 1.65. The van der Waals surface area contributed by atoms with Crippen molar-refractivity contribution in [1.82, 2.24) is 19.9 Å². The fourth-order valence-electron chi connectivity index (χ4n) is 4.20. The van der Waals surface area contributed by atoms with Gasteiger partial charge in [0.05, 0.1) is 22.9 Å². The summed E-state index contributed by atoms with van der Waals surface area (Å²) in [6.07, 6.45) is -0.367. The second-order valence-corrected chi connectivity index (χ2v) is 8.40. The second-order valence-electron chi connectivity index (χ2n) is 8.40. The molecule has 1 amide bonds. The highest BCUT2D eigenvalue weighted by Gasteiger charge is 2.31. The molecule has 2 heterocycles. The Morgan fingerprint density at radius 2 is 1.84 bits per heavy atom. The Bertz CT molecular complexity index is 1480. The largest absolute Gasteiger partial charge is 0.573 e. The van der Waals surface area contributed by atoms with E-state index in [0.29, 0.717) is 29.9 Å². The highest BCUT2D eigenvalue weighted by Crippen LogP contribution is 2.31. The molecule has 4 aromatic rings. The minimum absolute atomic E-state index is 0.301. The quantitative estimate of drug-likeness (QED) is 0.321. The third-order valence-corrected chi connectivity index (χ3v) is 5.90. The van der Waals surface area contributed by atoms with Crippen LogP contribution >= 0.6 is 0 Å². The minimum atomic E-state index is -4.75. The summed E-state index contributed by atoms with van der Waals surface area (Å²) in [7, 11) is 0. The number of aryl methyl sites for hydroxylation is 1. The number of rotatable bonds is 5. The molecule has 0 aliphatic heterocycles. The number of carbonyl (C=O) groups excluding carboxylic acids is 1. The van der Waals surface area contributed by atoms with E-state index in [9.17, 15) is 22.4 Å². The molecule has 0 fully saturated rings. The number of ether oxygens (including phenoxy) is 2. The van der Waals surface area contributed by atoms with Crippen molar-refractivity contribution < 1.29 is 31.8 Å². The number of imidazole rings is 1. The number of alkyl carbamates (subject to hydrolysis) is 1. The van der Waals surface area contributed by atoms with Crippen LogP contribution in [0.25, 0.3) is 22.8 Å². The van der Waals surface area contributed by atoms with Crippen LogP contribution in [0.5, 0.6) is 5.75 Å². The number of halogens is 4. The number of hydrogen-bond acceptors (Lipinski definition) is 5. The normalized spacial score (nSPS) is 14.0. The summed E-state index contributed by atoms with van der Waals surface area (Å²) in [5, 5.41) is 2.75. The minimum Gasteiger partial charge on any atom is -0.440 e. The van der Waals surface area contributed by atoms with Gasteiger partial charge in [-0.1, -0.05) is 6.07 Å². The van der Waals surface area contributed by atoms with Gasteiger partial charge in [0.2, 0.25) is 0 Å². The van der Waals surface area contributed by atoms with Gasteiger partial charge >= 0.3 is 12.5 Å². The number of allylic oxidation sites excluding steroid dienone is 1. The van der Waals surface area contributed by atoms with Gasteiger partial charge in [-0.3, -0.25) is 14.9 Å². The molecule has 0 saturated heterocycles. The fraction of sp³-hybridized carbons (Fsp3) is 0.192. The summed E-state index contributed by atoms with van der Waals surface area (Å²) < 4.78 is 61.4. The summed E-state index contributed by atoms with van der Waals surface area (Å²) in [6, 6.07) is 12.0. The van der Waals surface area contributed by atoms with E-state index in [4.69, 9.17) is 4.74 Å². The average molecular weight is 512 g/mol. The molecule has 1 atom stereocenters. The molecule has 7 nitrogen and oxygen atoms in total.